The Morgan fingerprint density at radius 3 is 2.42 bits per heavy atom. The normalized spacial score (nSPS) is 15.7. The third-order valence-corrected chi connectivity index (χ3v) is 7.61. The summed E-state index contributed by atoms with van der Waals surface area (Å²) in [5.74, 6) is 0.910. The van der Waals surface area contributed by atoms with Crippen molar-refractivity contribution >= 4 is 32.5 Å². The SMILES string of the molecule is O=S(=O)(NCCN1CCN(CCCOc2ccccc2)CC1)c1ccc(Cl)c2ncccc12. The van der Waals surface area contributed by atoms with Crippen molar-refractivity contribution < 1.29 is 13.2 Å². The van der Waals surface area contributed by atoms with E-state index in [0.29, 0.717) is 35.6 Å². The Bertz CT molecular complexity index is 1150. The van der Waals surface area contributed by atoms with Crippen molar-refractivity contribution in [3.63, 3.8) is 0 Å². The average molecular weight is 489 g/mol. The standard InChI is InChI=1S/C24H29ClN4O3S/c25-22-9-10-23(21-8-4-11-26-24(21)22)33(30,31)27-12-14-29-17-15-28(16-18-29)13-5-19-32-20-6-2-1-3-7-20/h1-4,6-11,27H,5,12-19H2. The van der Waals surface area contributed by atoms with Crippen LogP contribution in [0.15, 0.2) is 65.7 Å². The Balaban J connectivity index is 1.19. The summed E-state index contributed by atoms with van der Waals surface area (Å²) in [5.41, 5.74) is 0.493. The zero-order valence-electron chi connectivity index (χ0n) is 18.5. The molecule has 1 aliphatic heterocycles. The van der Waals surface area contributed by atoms with Gasteiger partial charge in [0.05, 0.1) is 22.0 Å². The number of benzene rings is 2. The molecule has 2 heterocycles. The quantitative estimate of drug-likeness (QED) is 0.441. The molecule has 0 unspecified atom stereocenters. The maximum Gasteiger partial charge on any atom is 0.241 e. The van der Waals surface area contributed by atoms with E-state index >= 15 is 0 Å². The van der Waals surface area contributed by atoms with Gasteiger partial charge in [0.1, 0.15) is 5.75 Å². The molecule has 1 aliphatic rings. The van der Waals surface area contributed by atoms with Crippen LogP contribution in [0, 0.1) is 0 Å². The lowest BCUT2D eigenvalue weighted by molar-refractivity contribution is 0.128. The predicted octanol–water partition coefficient (Wildman–Crippen LogP) is 3.25. The molecule has 3 aromatic rings. The van der Waals surface area contributed by atoms with E-state index < -0.39 is 10.0 Å². The minimum Gasteiger partial charge on any atom is -0.494 e. The zero-order valence-corrected chi connectivity index (χ0v) is 20.1. The van der Waals surface area contributed by atoms with Crippen molar-refractivity contribution in [1.82, 2.24) is 19.5 Å². The highest BCUT2D eigenvalue weighted by atomic mass is 35.5. The summed E-state index contributed by atoms with van der Waals surface area (Å²) in [6.45, 7) is 6.55. The predicted molar refractivity (Wildman–Crippen MR) is 131 cm³/mol. The van der Waals surface area contributed by atoms with Crippen LogP contribution in [0.4, 0.5) is 0 Å². The van der Waals surface area contributed by atoms with Gasteiger partial charge in [0, 0.05) is 57.4 Å². The summed E-state index contributed by atoms with van der Waals surface area (Å²) in [4.78, 5) is 9.14. The lowest BCUT2D eigenvalue weighted by atomic mass is 10.2. The third kappa shape index (κ3) is 6.43. The van der Waals surface area contributed by atoms with E-state index in [1.165, 1.54) is 6.07 Å². The van der Waals surface area contributed by atoms with Crippen LogP contribution in [0.3, 0.4) is 0 Å². The molecule has 0 saturated carbocycles. The molecule has 0 aliphatic carbocycles. The largest absolute Gasteiger partial charge is 0.494 e. The first-order valence-corrected chi connectivity index (χ1v) is 13.0. The van der Waals surface area contributed by atoms with Crippen LogP contribution in [0.25, 0.3) is 10.9 Å². The molecular formula is C24H29ClN4O3S. The van der Waals surface area contributed by atoms with E-state index in [1.807, 2.05) is 30.3 Å². The van der Waals surface area contributed by atoms with Gasteiger partial charge in [-0.2, -0.15) is 0 Å². The second-order valence-corrected chi connectivity index (χ2v) is 10.2. The van der Waals surface area contributed by atoms with Crippen LogP contribution in [-0.2, 0) is 10.0 Å². The van der Waals surface area contributed by atoms with E-state index in [0.717, 1.165) is 44.9 Å². The number of para-hydroxylation sites is 1. The molecule has 0 radical (unpaired) electrons. The molecule has 0 spiro atoms. The molecule has 1 aromatic heterocycles. The van der Waals surface area contributed by atoms with E-state index in [4.69, 9.17) is 16.3 Å². The number of rotatable bonds is 10. The average Bonchev–Trinajstić information content (AvgIpc) is 2.83. The number of sulfonamides is 1. The molecule has 2 aromatic carbocycles. The first-order valence-electron chi connectivity index (χ1n) is 11.2. The van der Waals surface area contributed by atoms with Crippen molar-refractivity contribution in [3.8, 4) is 5.75 Å². The maximum absolute atomic E-state index is 12.9. The van der Waals surface area contributed by atoms with Crippen LogP contribution >= 0.6 is 11.6 Å². The highest BCUT2D eigenvalue weighted by Gasteiger charge is 2.20. The molecule has 9 heteroatoms. The number of fused-ring (bicyclic) bond motifs is 1. The van der Waals surface area contributed by atoms with E-state index in [-0.39, 0.29) is 4.90 Å². The number of aromatic nitrogens is 1. The number of nitrogens with zero attached hydrogens (tertiary/aromatic N) is 3. The topological polar surface area (TPSA) is 74.8 Å². The number of nitrogens with one attached hydrogen (secondary N) is 1. The number of hydrogen-bond acceptors (Lipinski definition) is 6. The van der Waals surface area contributed by atoms with Crippen molar-refractivity contribution in [2.24, 2.45) is 0 Å². The number of piperazine rings is 1. The smallest absolute Gasteiger partial charge is 0.241 e. The van der Waals surface area contributed by atoms with E-state index in [1.54, 1.807) is 24.4 Å². The van der Waals surface area contributed by atoms with E-state index in [2.05, 4.69) is 19.5 Å². The number of halogens is 1. The fourth-order valence-corrected chi connectivity index (χ4v) is 5.42. The summed E-state index contributed by atoms with van der Waals surface area (Å²) >= 11 is 6.17. The van der Waals surface area contributed by atoms with Crippen LogP contribution in [0.1, 0.15) is 6.42 Å². The number of ether oxygens (including phenoxy) is 1. The first kappa shape index (κ1) is 23.9. The Labute approximate surface area is 200 Å². The molecule has 1 saturated heterocycles. The molecule has 176 valence electrons. The summed E-state index contributed by atoms with van der Waals surface area (Å²) < 4.78 is 34.3. The Morgan fingerprint density at radius 2 is 1.67 bits per heavy atom. The number of pyridine rings is 1. The van der Waals surface area contributed by atoms with Gasteiger partial charge < -0.3 is 9.64 Å². The van der Waals surface area contributed by atoms with Crippen molar-refractivity contribution in [2.45, 2.75) is 11.3 Å². The van der Waals surface area contributed by atoms with Gasteiger partial charge in [0.15, 0.2) is 0 Å². The highest BCUT2D eigenvalue weighted by Crippen LogP contribution is 2.27. The molecule has 0 amide bonds. The van der Waals surface area contributed by atoms with Crippen LogP contribution < -0.4 is 9.46 Å². The fraction of sp³-hybridized carbons (Fsp3) is 0.375. The molecule has 0 atom stereocenters. The van der Waals surface area contributed by atoms with Gasteiger partial charge in [-0.15, -0.1) is 0 Å². The molecule has 1 N–H and O–H groups in total. The lowest BCUT2D eigenvalue weighted by Crippen LogP contribution is -2.48. The van der Waals surface area contributed by atoms with Gasteiger partial charge in [0.25, 0.3) is 0 Å². The van der Waals surface area contributed by atoms with Gasteiger partial charge >= 0.3 is 0 Å². The Hall–Kier alpha value is -2.23. The summed E-state index contributed by atoms with van der Waals surface area (Å²) in [7, 11) is -3.65. The Kier molecular flexibility index (Phi) is 8.16. The van der Waals surface area contributed by atoms with Gasteiger partial charge in [-0.1, -0.05) is 29.8 Å². The molecule has 7 nitrogen and oxygen atoms in total. The number of hydrogen-bond donors (Lipinski definition) is 1. The maximum atomic E-state index is 12.9. The van der Waals surface area contributed by atoms with E-state index in [9.17, 15) is 8.42 Å². The lowest BCUT2D eigenvalue weighted by Gasteiger charge is -2.34. The van der Waals surface area contributed by atoms with Crippen molar-refractivity contribution in [1.29, 1.82) is 0 Å². The minimum atomic E-state index is -3.65. The minimum absolute atomic E-state index is 0.206. The van der Waals surface area contributed by atoms with Crippen molar-refractivity contribution in [3.05, 3.63) is 65.8 Å². The van der Waals surface area contributed by atoms with Crippen molar-refractivity contribution in [2.75, 3.05) is 52.4 Å². The molecule has 1 fully saturated rings. The van der Waals surface area contributed by atoms with Gasteiger partial charge in [-0.3, -0.25) is 9.88 Å². The van der Waals surface area contributed by atoms with Gasteiger partial charge in [0.2, 0.25) is 10.0 Å². The van der Waals surface area contributed by atoms with Gasteiger partial charge in [-0.05, 0) is 42.8 Å². The summed E-state index contributed by atoms with van der Waals surface area (Å²) in [6, 6.07) is 16.4. The molecule has 33 heavy (non-hydrogen) atoms. The molecular weight excluding hydrogens is 460 g/mol. The Morgan fingerprint density at radius 1 is 0.939 bits per heavy atom. The molecule has 4 rings (SSSR count). The summed E-state index contributed by atoms with van der Waals surface area (Å²) in [5, 5.41) is 0.969. The third-order valence-electron chi connectivity index (χ3n) is 5.79. The van der Waals surface area contributed by atoms with Crippen LogP contribution in [-0.4, -0.2) is 75.6 Å². The second kappa shape index (κ2) is 11.3. The zero-order chi connectivity index (χ0) is 23.1. The second-order valence-electron chi connectivity index (χ2n) is 8.04. The molecule has 0 bridgehead atoms. The highest BCUT2D eigenvalue weighted by molar-refractivity contribution is 7.89. The van der Waals surface area contributed by atoms with Crippen LogP contribution in [0.5, 0.6) is 5.75 Å². The van der Waals surface area contributed by atoms with Crippen LogP contribution in [0.2, 0.25) is 5.02 Å². The fourth-order valence-electron chi connectivity index (χ4n) is 3.99. The summed E-state index contributed by atoms with van der Waals surface area (Å²) in [6.07, 6.45) is 2.59. The monoisotopic (exact) mass is 488 g/mol. The first-order chi connectivity index (χ1) is 16.0. The van der Waals surface area contributed by atoms with Gasteiger partial charge in [-0.25, -0.2) is 13.1 Å².